The Bertz CT molecular complexity index is 633. The first-order valence-corrected chi connectivity index (χ1v) is 5.80. The first kappa shape index (κ1) is 13.1. The van der Waals surface area contributed by atoms with Crippen molar-refractivity contribution < 1.29 is 14.3 Å². The van der Waals surface area contributed by atoms with Gasteiger partial charge in [0, 0.05) is 13.6 Å². The van der Waals surface area contributed by atoms with Crippen LogP contribution in [0.2, 0.25) is 0 Å². The van der Waals surface area contributed by atoms with Gasteiger partial charge in [-0.05, 0) is 24.6 Å². The van der Waals surface area contributed by atoms with Crippen LogP contribution in [0.5, 0.6) is 0 Å². The van der Waals surface area contributed by atoms with E-state index in [1.165, 1.54) is 12.0 Å². The Morgan fingerprint density at radius 3 is 2.84 bits per heavy atom. The second-order valence-corrected chi connectivity index (χ2v) is 4.33. The number of amides is 1. The number of hydrogen-bond donors (Lipinski definition) is 1. The number of benzene rings is 1. The van der Waals surface area contributed by atoms with E-state index in [9.17, 15) is 9.59 Å². The molecule has 0 saturated heterocycles. The molecule has 0 aliphatic heterocycles. The number of esters is 1. The van der Waals surface area contributed by atoms with Gasteiger partial charge in [-0.2, -0.15) is 0 Å². The number of nitrogens with one attached hydrogen (secondary N) is 1. The fraction of sp³-hybridized carbons (Fsp3) is 0.308. The first-order valence-electron chi connectivity index (χ1n) is 5.80. The lowest BCUT2D eigenvalue weighted by Crippen LogP contribution is -2.33. The second kappa shape index (κ2) is 5.09. The van der Waals surface area contributed by atoms with Crippen molar-refractivity contribution in [3.63, 3.8) is 0 Å². The highest BCUT2D eigenvalue weighted by atomic mass is 16.5. The number of rotatable bonds is 2. The lowest BCUT2D eigenvalue weighted by atomic mass is 10.2. The van der Waals surface area contributed by atoms with Crippen molar-refractivity contribution in [3.05, 3.63) is 29.6 Å². The number of aromatic amines is 1. The monoisotopic (exact) mass is 261 g/mol. The van der Waals surface area contributed by atoms with Crippen LogP contribution in [0.15, 0.2) is 18.2 Å². The van der Waals surface area contributed by atoms with E-state index < -0.39 is 11.9 Å². The van der Waals surface area contributed by atoms with E-state index in [1.54, 1.807) is 7.05 Å². The average molecular weight is 261 g/mol. The third-order valence-corrected chi connectivity index (χ3v) is 2.79. The van der Waals surface area contributed by atoms with Gasteiger partial charge in [-0.15, -0.1) is 0 Å². The van der Waals surface area contributed by atoms with Crippen molar-refractivity contribution in [2.45, 2.75) is 13.5 Å². The number of carbonyl (C=O) groups is 2. The summed E-state index contributed by atoms with van der Waals surface area (Å²) in [6, 6.07) is 5.67. The molecule has 1 N–H and O–H groups in total. The number of aromatic nitrogens is 2. The van der Waals surface area contributed by atoms with E-state index in [-0.39, 0.29) is 0 Å². The average Bonchev–Trinajstić information content (AvgIpc) is 2.76. The summed E-state index contributed by atoms with van der Waals surface area (Å²) in [6.07, 6.45) is 0. The molecule has 2 rings (SSSR count). The molecule has 0 radical (unpaired) electrons. The van der Waals surface area contributed by atoms with Gasteiger partial charge in [0.15, 0.2) is 0 Å². The van der Waals surface area contributed by atoms with E-state index >= 15 is 0 Å². The van der Waals surface area contributed by atoms with Gasteiger partial charge in [-0.1, -0.05) is 6.07 Å². The summed E-state index contributed by atoms with van der Waals surface area (Å²) in [4.78, 5) is 31.5. The maximum absolute atomic E-state index is 11.6. The lowest BCUT2D eigenvalue weighted by molar-refractivity contribution is -0.157. The van der Waals surface area contributed by atoms with Crippen molar-refractivity contribution >= 4 is 22.9 Å². The molecule has 0 unspecified atom stereocenters. The molecule has 0 fully saturated rings. The molecular formula is C13H15N3O3. The standard InChI is InChI=1S/C13H15N3O3/c1-8-14-10-5-4-9(6-11(10)15-8)7-16(2)12(17)13(18)19-3/h4-6H,7H2,1-3H3,(H,14,15). The number of ether oxygens (including phenoxy) is 1. The zero-order valence-corrected chi connectivity index (χ0v) is 11.1. The fourth-order valence-electron chi connectivity index (χ4n) is 1.87. The molecule has 1 aromatic heterocycles. The molecule has 19 heavy (non-hydrogen) atoms. The van der Waals surface area contributed by atoms with Crippen molar-refractivity contribution in [3.8, 4) is 0 Å². The first-order chi connectivity index (χ1) is 9.01. The number of H-pyrrole nitrogens is 1. The minimum absolute atomic E-state index is 0.335. The van der Waals surface area contributed by atoms with Crippen molar-refractivity contribution in [2.75, 3.05) is 14.2 Å². The summed E-state index contributed by atoms with van der Waals surface area (Å²) in [5.74, 6) is -0.685. The minimum atomic E-state index is -0.860. The van der Waals surface area contributed by atoms with Gasteiger partial charge in [0.05, 0.1) is 18.1 Å². The molecule has 0 aliphatic carbocycles. The number of likely N-dealkylation sites (N-methyl/N-ethyl adjacent to an activating group) is 1. The number of fused-ring (bicyclic) bond motifs is 1. The maximum atomic E-state index is 11.6. The zero-order chi connectivity index (χ0) is 14.0. The van der Waals surface area contributed by atoms with Crippen LogP contribution in [-0.2, 0) is 20.9 Å². The largest absolute Gasteiger partial charge is 0.462 e. The van der Waals surface area contributed by atoms with E-state index in [0.29, 0.717) is 6.54 Å². The molecule has 1 aromatic carbocycles. The topological polar surface area (TPSA) is 75.3 Å². The molecule has 100 valence electrons. The van der Waals surface area contributed by atoms with E-state index in [0.717, 1.165) is 22.4 Å². The van der Waals surface area contributed by atoms with Gasteiger partial charge >= 0.3 is 11.9 Å². The molecule has 2 aromatic rings. The number of aryl methyl sites for hydroxylation is 1. The van der Waals surface area contributed by atoms with E-state index in [4.69, 9.17) is 0 Å². The molecule has 0 saturated carbocycles. The Kier molecular flexibility index (Phi) is 3.50. The number of methoxy groups -OCH3 is 1. The fourth-order valence-corrected chi connectivity index (χ4v) is 1.87. The summed E-state index contributed by atoms with van der Waals surface area (Å²) < 4.78 is 4.40. The normalized spacial score (nSPS) is 10.5. The van der Waals surface area contributed by atoms with Crippen molar-refractivity contribution in [1.82, 2.24) is 14.9 Å². The van der Waals surface area contributed by atoms with Gasteiger partial charge < -0.3 is 14.6 Å². The third-order valence-electron chi connectivity index (χ3n) is 2.79. The van der Waals surface area contributed by atoms with Crippen molar-refractivity contribution in [2.24, 2.45) is 0 Å². The SMILES string of the molecule is COC(=O)C(=O)N(C)Cc1ccc2nc(C)[nH]c2c1. The zero-order valence-electron chi connectivity index (χ0n) is 11.1. The van der Waals surface area contributed by atoms with Gasteiger partial charge in [-0.25, -0.2) is 9.78 Å². The smallest absolute Gasteiger partial charge is 0.396 e. The summed E-state index contributed by atoms with van der Waals surface area (Å²) >= 11 is 0. The molecule has 6 nitrogen and oxygen atoms in total. The number of nitrogens with zero attached hydrogens (tertiary/aromatic N) is 2. The quantitative estimate of drug-likeness (QED) is 0.646. The predicted molar refractivity (Wildman–Crippen MR) is 69.3 cm³/mol. The summed E-state index contributed by atoms with van der Waals surface area (Å²) in [7, 11) is 2.75. The van der Waals surface area contributed by atoms with Crippen LogP contribution >= 0.6 is 0 Å². The van der Waals surface area contributed by atoms with Crippen LogP contribution < -0.4 is 0 Å². The Morgan fingerprint density at radius 2 is 2.16 bits per heavy atom. The van der Waals surface area contributed by atoms with Crippen LogP contribution in [0.3, 0.4) is 0 Å². The Balaban J connectivity index is 2.16. The highest BCUT2D eigenvalue weighted by Gasteiger charge is 2.19. The second-order valence-electron chi connectivity index (χ2n) is 4.33. The number of imidazole rings is 1. The Labute approximate surface area is 110 Å². The number of carbonyl (C=O) groups excluding carboxylic acids is 2. The molecular weight excluding hydrogens is 246 g/mol. The molecule has 1 heterocycles. The van der Waals surface area contributed by atoms with Gasteiger partial charge in [0.1, 0.15) is 5.82 Å². The van der Waals surface area contributed by atoms with E-state index in [2.05, 4.69) is 14.7 Å². The van der Waals surface area contributed by atoms with Gasteiger partial charge in [0.2, 0.25) is 0 Å². The summed E-state index contributed by atoms with van der Waals surface area (Å²) in [5, 5.41) is 0. The predicted octanol–water partition coefficient (Wildman–Crippen LogP) is 1.00. The highest BCUT2D eigenvalue weighted by molar-refractivity contribution is 6.32. The molecule has 0 spiro atoms. The Morgan fingerprint density at radius 1 is 1.42 bits per heavy atom. The molecule has 0 atom stereocenters. The molecule has 0 aliphatic rings. The highest BCUT2D eigenvalue weighted by Crippen LogP contribution is 2.14. The minimum Gasteiger partial charge on any atom is -0.462 e. The van der Waals surface area contributed by atoms with Crippen LogP contribution in [0.25, 0.3) is 11.0 Å². The maximum Gasteiger partial charge on any atom is 0.396 e. The van der Waals surface area contributed by atoms with Gasteiger partial charge in [0.25, 0.3) is 0 Å². The van der Waals surface area contributed by atoms with Crippen LogP contribution in [0, 0.1) is 6.92 Å². The number of hydrogen-bond acceptors (Lipinski definition) is 4. The molecule has 0 bridgehead atoms. The van der Waals surface area contributed by atoms with Crippen molar-refractivity contribution in [1.29, 1.82) is 0 Å². The lowest BCUT2D eigenvalue weighted by Gasteiger charge is -2.15. The van der Waals surface area contributed by atoms with Crippen LogP contribution in [0.4, 0.5) is 0 Å². The third kappa shape index (κ3) is 2.73. The summed E-state index contributed by atoms with van der Waals surface area (Å²) in [5.41, 5.74) is 2.70. The van der Waals surface area contributed by atoms with E-state index in [1.807, 2.05) is 25.1 Å². The Hall–Kier alpha value is -2.37. The van der Waals surface area contributed by atoms with Crippen LogP contribution in [0.1, 0.15) is 11.4 Å². The summed E-state index contributed by atoms with van der Waals surface area (Å²) in [6.45, 7) is 2.22. The van der Waals surface area contributed by atoms with Crippen LogP contribution in [-0.4, -0.2) is 40.9 Å². The molecule has 1 amide bonds. The van der Waals surface area contributed by atoms with Gasteiger partial charge in [-0.3, -0.25) is 4.79 Å². The molecule has 6 heteroatoms.